The first kappa shape index (κ1) is 19.9. The van der Waals surface area contributed by atoms with E-state index in [9.17, 15) is 0 Å². The number of rotatable bonds is 8. The molecule has 1 nitrogen and oxygen atoms in total. The molecule has 1 heteroatoms. The number of aryl methyl sites for hydroxylation is 1. The van der Waals surface area contributed by atoms with Gasteiger partial charge in [-0.2, -0.15) is 0 Å². The average molecular weight is 356 g/mol. The SMILES string of the molecule is CCCCCC1CCC(C2CCC(c3ccc(CCC)cn3)CC2)CC1. The standard InChI is InChI=1S/C25H41N/c1-3-5-6-8-20-9-12-22(13-10-20)23-14-16-24(17-15-23)25-18-11-21(7-4-2)19-26-25/h11,18-20,22-24H,3-10,12-17H2,1-2H3. The Morgan fingerprint density at radius 2 is 1.50 bits per heavy atom. The zero-order chi connectivity index (χ0) is 18.2. The molecule has 0 spiro atoms. The van der Waals surface area contributed by atoms with Crippen LogP contribution in [-0.4, -0.2) is 4.98 Å². The van der Waals surface area contributed by atoms with Crippen LogP contribution in [0.3, 0.4) is 0 Å². The van der Waals surface area contributed by atoms with E-state index >= 15 is 0 Å². The fourth-order valence-electron chi connectivity index (χ4n) is 5.63. The first-order valence-electron chi connectivity index (χ1n) is 11.7. The number of hydrogen-bond acceptors (Lipinski definition) is 1. The number of pyridine rings is 1. The Bertz CT molecular complexity index is 489. The van der Waals surface area contributed by atoms with E-state index in [-0.39, 0.29) is 0 Å². The summed E-state index contributed by atoms with van der Waals surface area (Å²) in [6, 6.07) is 4.63. The Kier molecular flexibility index (Phi) is 8.02. The molecule has 1 heterocycles. The van der Waals surface area contributed by atoms with Crippen LogP contribution in [0.4, 0.5) is 0 Å². The van der Waals surface area contributed by atoms with Crippen molar-refractivity contribution in [1.82, 2.24) is 4.98 Å². The van der Waals surface area contributed by atoms with E-state index in [2.05, 4.69) is 32.2 Å². The highest BCUT2D eigenvalue weighted by Crippen LogP contribution is 2.44. The summed E-state index contributed by atoms with van der Waals surface area (Å²) in [5.41, 5.74) is 2.77. The molecule has 0 unspecified atom stereocenters. The van der Waals surface area contributed by atoms with E-state index in [1.54, 1.807) is 0 Å². The third-order valence-corrected chi connectivity index (χ3v) is 7.35. The van der Waals surface area contributed by atoms with Gasteiger partial charge in [-0.25, -0.2) is 0 Å². The molecule has 0 amide bonds. The van der Waals surface area contributed by atoms with Crippen LogP contribution >= 0.6 is 0 Å². The fraction of sp³-hybridized carbons (Fsp3) is 0.800. The van der Waals surface area contributed by atoms with Crippen LogP contribution in [0.2, 0.25) is 0 Å². The molecule has 146 valence electrons. The highest BCUT2D eigenvalue weighted by molar-refractivity contribution is 5.17. The Hall–Kier alpha value is -0.850. The van der Waals surface area contributed by atoms with Crippen molar-refractivity contribution in [2.45, 2.75) is 110 Å². The molecule has 0 N–H and O–H groups in total. The number of aromatic nitrogens is 1. The van der Waals surface area contributed by atoms with E-state index < -0.39 is 0 Å². The van der Waals surface area contributed by atoms with Gasteiger partial charge >= 0.3 is 0 Å². The second-order valence-electron chi connectivity index (χ2n) is 9.23. The normalized spacial score (nSPS) is 29.6. The minimum absolute atomic E-state index is 0.729. The van der Waals surface area contributed by atoms with Crippen LogP contribution in [0.15, 0.2) is 18.3 Å². The summed E-state index contributed by atoms with van der Waals surface area (Å²) < 4.78 is 0. The van der Waals surface area contributed by atoms with Crippen LogP contribution in [0.5, 0.6) is 0 Å². The molecule has 0 aliphatic heterocycles. The molecule has 0 atom stereocenters. The number of unbranched alkanes of at least 4 members (excludes halogenated alkanes) is 2. The predicted octanol–water partition coefficient (Wildman–Crippen LogP) is 7.69. The van der Waals surface area contributed by atoms with E-state index in [0.29, 0.717) is 0 Å². The van der Waals surface area contributed by atoms with Gasteiger partial charge in [-0.05, 0) is 74.3 Å². The van der Waals surface area contributed by atoms with Crippen LogP contribution in [0, 0.1) is 17.8 Å². The van der Waals surface area contributed by atoms with E-state index in [4.69, 9.17) is 4.98 Å². The average Bonchev–Trinajstić information content (AvgIpc) is 2.70. The molecule has 3 rings (SSSR count). The smallest absolute Gasteiger partial charge is 0.0434 e. The molecule has 1 aromatic heterocycles. The van der Waals surface area contributed by atoms with Crippen molar-refractivity contribution in [2.75, 3.05) is 0 Å². The summed E-state index contributed by atoms with van der Waals surface area (Å²) in [5, 5.41) is 0. The largest absolute Gasteiger partial charge is 0.261 e. The highest BCUT2D eigenvalue weighted by Gasteiger charge is 2.31. The third kappa shape index (κ3) is 5.57. The third-order valence-electron chi connectivity index (χ3n) is 7.35. The van der Waals surface area contributed by atoms with Crippen LogP contribution < -0.4 is 0 Å². The summed E-state index contributed by atoms with van der Waals surface area (Å²) in [6.45, 7) is 4.57. The second kappa shape index (κ2) is 10.5. The molecule has 1 aromatic rings. The van der Waals surface area contributed by atoms with Gasteiger partial charge in [0, 0.05) is 17.8 Å². The lowest BCUT2D eigenvalue weighted by Crippen LogP contribution is -2.25. The molecular formula is C25H41N. The van der Waals surface area contributed by atoms with E-state index in [1.807, 2.05) is 0 Å². The van der Waals surface area contributed by atoms with Gasteiger partial charge in [-0.1, -0.05) is 64.9 Å². The van der Waals surface area contributed by atoms with Crippen molar-refractivity contribution in [3.8, 4) is 0 Å². The summed E-state index contributed by atoms with van der Waals surface area (Å²) >= 11 is 0. The molecule has 2 fully saturated rings. The van der Waals surface area contributed by atoms with Gasteiger partial charge in [-0.3, -0.25) is 4.98 Å². The van der Waals surface area contributed by atoms with Gasteiger partial charge in [-0.15, -0.1) is 0 Å². The van der Waals surface area contributed by atoms with Crippen molar-refractivity contribution in [2.24, 2.45) is 17.8 Å². The predicted molar refractivity (Wildman–Crippen MR) is 113 cm³/mol. The Morgan fingerprint density at radius 1 is 0.808 bits per heavy atom. The van der Waals surface area contributed by atoms with Gasteiger partial charge < -0.3 is 0 Å². The van der Waals surface area contributed by atoms with E-state index in [1.165, 1.54) is 101 Å². The van der Waals surface area contributed by atoms with Crippen LogP contribution in [-0.2, 0) is 6.42 Å². The summed E-state index contributed by atoms with van der Waals surface area (Å²) in [7, 11) is 0. The molecule has 0 aromatic carbocycles. The van der Waals surface area contributed by atoms with Crippen molar-refractivity contribution in [3.05, 3.63) is 29.6 Å². The first-order valence-corrected chi connectivity index (χ1v) is 11.7. The van der Waals surface area contributed by atoms with Crippen LogP contribution in [0.1, 0.15) is 114 Å². The molecule has 0 radical (unpaired) electrons. The minimum atomic E-state index is 0.729. The molecule has 2 aliphatic rings. The van der Waals surface area contributed by atoms with Gasteiger partial charge in [0.05, 0.1) is 0 Å². The van der Waals surface area contributed by atoms with Crippen molar-refractivity contribution >= 4 is 0 Å². The van der Waals surface area contributed by atoms with E-state index in [0.717, 1.165) is 23.7 Å². The fourth-order valence-corrected chi connectivity index (χ4v) is 5.63. The topological polar surface area (TPSA) is 12.9 Å². The Balaban J connectivity index is 1.40. The van der Waals surface area contributed by atoms with Crippen molar-refractivity contribution in [3.63, 3.8) is 0 Å². The molecular weight excluding hydrogens is 314 g/mol. The van der Waals surface area contributed by atoms with Gasteiger partial charge in [0.25, 0.3) is 0 Å². The zero-order valence-corrected chi connectivity index (χ0v) is 17.4. The lowest BCUT2D eigenvalue weighted by atomic mass is 9.68. The molecule has 2 saturated carbocycles. The quantitative estimate of drug-likeness (QED) is 0.435. The lowest BCUT2D eigenvalue weighted by Gasteiger charge is -2.38. The summed E-state index contributed by atoms with van der Waals surface area (Å²) in [5.74, 6) is 3.84. The van der Waals surface area contributed by atoms with Crippen LogP contribution in [0.25, 0.3) is 0 Å². The second-order valence-corrected chi connectivity index (χ2v) is 9.23. The van der Waals surface area contributed by atoms with Crippen molar-refractivity contribution in [1.29, 1.82) is 0 Å². The summed E-state index contributed by atoms with van der Waals surface area (Å²) in [4.78, 5) is 4.80. The maximum atomic E-state index is 4.80. The number of nitrogens with zero attached hydrogens (tertiary/aromatic N) is 1. The molecule has 2 aliphatic carbocycles. The monoisotopic (exact) mass is 355 g/mol. The molecule has 0 saturated heterocycles. The Morgan fingerprint density at radius 3 is 2.08 bits per heavy atom. The summed E-state index contributed by atoms with van der Waals surface area (Å²) in [6.07, 6.45) is 22.1. The maximum absolute atomic E-state index is 4.80. The van der Waals surface area contributed by atoms with Gasteiger partial charge in [0.15, 0.2) is 0 Å². The van der Waals surface area contributed by atoms with Gasteiger partial charge in [0.1, 0.15) is 0 Å². The number of hydrogen-bond donors (Lipinski definition) is 0. The maximum Gasteiger partial charge on any atom is 0.0434 e. The molecule has 0 bridgehead atoms. The minimum Gasteiger partial charge on any atom is -0.261 e. The highest BCUT2D eigenvalue weighted by atomic mass is 14.7. The molecule has 26 heavy (non-hydrogen) atoms. The first-order chi connectivity index (χ1) is 12.8. The van der Waals surface area contributed by atoms with Crippen molar-refractivity contribution < 1.29 is 0 Å². The lowest BCUT2D eigenvalue weighted by molar-refractivity contribution is 0.155. The Labute approximate surface area is 162 Å². The zero-order valence-electron chi connectivity index (χ0n) is 17.4. The van der Waals surface area contributed by atoms with Gasteiger partial charge in [0.2, 0.25) is 0 Å².